The summed E-state index contributed by atoms with van der Waals surface area (Å²) in [5, 5.41) is 0.539. The molecule has 7 heteroatoms. The Hall–Kier alpha value is -0.850. The highest BCUT2D eigenvalue weighted by molar-refractivity contribution is 7.99. The SMILES string of the molecule is O=C1C2CCSCN2C(=S)N1c1c(F)cccc1Cl. The van der Waals surface area contributed by atoms with E-state index in [0.29, 0.717) is 11.0 Å². The predicted molar refractivity (Wildman–Crippen MR) is 79.1 cm³/mol. The van der Waals surface area contributed by atoms with Crippen molar-refractivity contribution in [1.29, 1.82) is 0 Å². The molecule has 2 saturated heterocycles. The minimum atomic E-state index is -0.532. The van der Waals surface area contributed by atoms with E-state index in [2.05, 4.69) is 0 Å². The molecule has 3 nitrogen and oxygen atoms in total. The number of carbonyl (C=O) groups excluding carboxylic acids is 1. The molecular formula is C12H10ClFN2OS2. The van der Waals surface area contributed by atoms with Crippen molar-refractivity contribution in [2.24, 2.45) is 0 Å². The molecule has 0 N–H and O–H groups in total. The van der Waals surface area contributed by atoms with Gasteiger partial charge >= 0.3 is 0 Å². The van der Waals surface area contributed by atoms with Gasteiger partial charge in [0.15, 0.2) is 5.11 Å². The van der Waals surface area contributed by atoms with Gasteiger partial charge in [-0.2, -0.15) is 0 Å². The number of amides is 1. The Bertz CT molecular complexity index is 524. The molecule has 0 radical (unpaired) electrons. The maximum atomic E-state index is 14.0. The Kier molecular flexibility index (Phi) is 3.41. The summed E-state index contributed by atoms with van der Waals surface area (Å²) in [6, 6.07) is 4.07. The Morgan fingerprint density at radius 1 is 1.47 bits per heavy atom. The number of fused-ring (bicyclic) bond motifs is 1. The lowest BCUT2D eigenvalue weighted by Gasteiger charge is -2.27. The molecule has 2 fully saturated rings. The third kappa shape index (κ3) is 2.02. The van der Waals surface area contributed by atoms with Crippen molar-refractivity contribution in [3.63, 3.8) is 0 Å². The van der Waals surface area contributed by atoms with E-state index in [1.807, 2.05) is 4.90 Å². The van der Waals surface area contributed by atoms with E-state index in [-0.39, 0.29) is 22.7 Å². The van der Waals surface area contributed by atoms with Crippen LogP contribution in [0.25, 0.3) is 0 Å². The Balaban J connectivity index is 2.06. The summed E-state index contributed by atoms with van der Waals surface area (Å²) in [6.45, 7) is 0. The second kappa shape index (κ2) is 4.92. The molecule has 1 amide bonds. The fraction of sp³-hybridized carbons (Fsp3) is 0.333. The first-order valence-corrected chi connectivity index (χ1v) is 7.71. The van der Waals surface area contributed by atoms with Crippen LogP contribution in [0.3, 0.4) is 0 Å². The fourth-order valence-corrected chi connectivity index (χ4v) is 4.05. The molecule has 1 unspecified atom stereocenters. The van der Waals surface area contributed by atoms with E-state index in [9.17, 15) is 9.18 Å². The zero-order valence-corrected chi connectivity index (χ0v) is 12.2. The van der Waals surface area contributed by atoms with Crippen molar-refractivity contribution in [2.45, 2.75) is 12.5 Å². The molecule has 1 aromatic rings. The van der Waals surface area contributed by atoms with Gasteiger partial charge in [-0.15, -0.1) is 11.8 Å². The van der Waals surface area contributed by atoms with Crippen molar-refractivity contribution >= 4 is 52.3 Å². The van der Waals surface area contributed by atoms with Crippen molar-refractivity contribution in [3.8, 4) is 0 Å². The van der Waals surface area contributed by atoms with Crippen LogP contribution in [0.15, 0.2) is 18.2 Å². The first-order chi connectivity index (χ1) is 9.11. The van der Waals surface area contributed by atoms with Gasteiger partial charge in [0.1, 0.15) is 17.5 Å². The molecule has 2 heterocycles. The number of anilines is 1. The molecule has 1 aromatic carbocycles. The molecule has 19 heavy (non-hydrogen) atoms. The average molecular weight is 317 g/mol. The number of hydrogen-bond donors (Lipinski definition) is 0. The van der Waals surface area contributed by atoms with E-state index in [1.54, 1.807) is 17.8 Å². The van der Waals surface area contributed by atoms with Crippen molar-refractivity contribution in [1.82, 2.24) is 4.90 Å². The van der Waals surface area contributed by atoms with E-state index in [4.69, 9.17) is 23.8 Å². The highest BCUT2D eigenvalue weighted by Crippen LogP contribution is 2.36. The molecule has 1 atom stereocenters. The maximum absolute atomic E-state index is 14.0. The van der Waals surface area contributed by atoms with E-state index < -0.39 is 5.82 Å². The number of carbonyl (C=O) groups is 1. The molecule has 2 aliphatic heterocycles. The zero-order valence-electron chi connectivity index (χ0n) is 9.81. The van der Waals surface area contributed by atoms with Crippen LogP contribution in [-0.4, -0.2) is 33.6 Å². The monoisotopic (exact) mass is 316 g/mol. The number of halogens is 2. The van der Waals surface area contributed by atoms with Gasteiger partial charge in [0.25, 0.3) is 5.91 Å². The first-order valence-electron chi connectivity index (χ1n) is 5.77. The summed E-state index contributed by atoms with van der Waals surface area (Å²) >= 11 is 13.0. The number of benzene rings is 1. The van der Waals surface area contributed by atoms with E-state index in [0.717, 1.165) is 12.2 Å². The lowest BCUT2D eigenvalue weighted by Crippen LogP contribution is -2.38. The Morgan fingerprint density at radius 3 is 2.95 bits per heavy atom. The Labute approximate surface area is 124 Å². The lowest BCUT2D eigenvalue weighted by molar-refractivity contribution is -0.119. The largest absolute Gasteiger partial charge is 0.327 e. The first kappa shape index (κ1) is 13.1. The van der Waals surface area contributed by atoms with Gasteiger partial charge in [0.2, 0.25) is 0 Å². The molecule has 0 spiro atoms. The standard InChI is InChI=1S/C12H10ClFN2OS2/c13-7-2-1-3-8(14)10(7)16-11(17)9-4-5-19-6-15(9)12(16)18/h1-3,9H,4-6H2. The number of thiocarbonyl (C=S) groups is 1. The van der Waals surface area contributed by atoms with Crippen LogP contribution in [0.5, 0.6) is 0 Å². The summed E-state index contributed by atoms with van der Waals surface area (Å²) in [6.07, 6.45) is 0.728. The van der Waals surface area contributed by atoms with Gasteiger partial charge in [0.05, 0.1) is 10.9 Å². The molecule has 3 rings (SSSR count). The normalized spacial score (nSPS) is 22.9. The maximum Gasteiger partial charge on any atom is 0.256 e. The lowest BCUT2D eigenvalue weighted by atomic mass is 10.2. The van der Waals surface area contributed by atoms with Crippen LogP contribution in [0.4, 0.5) is 10.1 Å². The quantitative estimate of drug-likeness (QED) is 0.743. The highest BCUT2D eigenvalue weighted by Gasteiger charge is 2.45. The smallest absolute Gasteiger partial charge is 0.256 e. The summed E-state index contributed by atoms with van der Waals surface area (Å²) in [4.78, 5) is 15.5. The second-order valence-electron chi connectivity index (χ2n) is 4.34. The van der Waals surface area contributed by atoms with Gasteiger partial charge in [-0.1, -0.05) is 17.7 Å². The van der Waals surface area contributed by atoms with Crippen molar-refractivity contribution in [3.05, 3.63) is 29.0 Å². The van der Waals surface area contributed by atoms with Crippen LogP contribution in [0.1, 0.15) is 6.42 Å². The molecule has 0 aromatic heterocycles. The van der Waals surface area contributed by atoms with Crippen LogP contribution >= 0.6 is 35.6 Å². The molecule has 0 aliphatic carbocycles. The van der Waals surface area contributed by atoms with E-state index in [1.165, 1.54) is 17.0 Å². The summed E-state index contributed by atoms with van der Waals surface area (Å²) in [7, 11) is 0. The molecule has 100 valence electrons. The molecule has 0 saturated carbocycles. The van der Waals surface area contributed by atoms with Crippen LogP contribution in [0.2, 0.25) is 5.02 Å². The van der Waals surface area contributed by atoms with Gasteiger partial charge in [-0.25, -0.2) is 4.39 Å². The summed E-state index contributed by atoms with van der Waals surface area (Å²) in [5.41, 5.74) is 0.0681. The van der Waals surface area contributed by atoms with Crippen molar-refractivity contribution < 1.29 is 9.18 Å². The fourth-order valence-electron chi connectivity index (χ4n) is 2.33. The minimum Gasteiger partial charge on any atom is -0.327 e. The number of thioether (sulfide) groups is 1. The van der Waals surface area contributed by atoms with Crippen LogP contribution in [-0.2, 0) is 4.79 Å². The Morgan fingerprint density at radius 2 is 2.26 bits per heavy atom. The van der Waals surface area contributed by atoms with Gasteiger partial charge in [-0.3, -0.25) is 9.69 Å². The summed E-state index contributed by atoms with van der Waals surface area (Å²) < 4.78 is 14.0. The summed E-state index contributed by atoms with van der Waals surface area (Å²) in [5.74, 6) is 0.861. The number of rotatable bonds is 1. The third-order valence-electron chi connectivity index (χ3n) is 3.25. The van der Waals surface area contributed by atoms with E-state index >= 15 is 0 Å². The van der Waals surface area contributed by atoms with Gasteiger partial charge in [-0.05, 0) is 36.5 Å². The average Bonchev–Trinajstić information content (AvgIpc) is 2.64. The molecule has 2 aliphatic rings. The van der Waals surface area contributed by atoms with Crippen molar-refractivity contribution in [2.75, 3.05) is 16.5 Å². The van der Waals surface area contributed by atoms with Crippen LogP contribution in [0, 0.1) is 5.82 Å². The minimum absolute atomic E-state index is 0.0681. The second-order valence-corrected chi connectivity index (χ2v) is 6.19. The predicted octanol–water partition coefficient (Wildman–Crippen LogP) is 2.88. The number of hydrogen-bond acceptors (Lipinski definition) is 3. The topological polar surface area (TPSA) is 23.6 Å². The van der Waals surface area contributed by atoms with Gasteiger partial charge in [0, 0.05) is 0 Å². The van der Waals surface area contributed by atoms with Gasteiger partial charge < -0.3 is 4.90 Å². The molecular weight excluding hydrogens is 307 g/mol. The number of para-hydroxylation sites is 1. The third-order valence-corrected chi connectivity index (χ3v) is 4.95. The highest BCUT2D eigenvalue weighted by atomic mass is 35.5. The molecule has 0 bridgehead atoms. The zero-order chi connectivity index (χ0) is 13.6. The number of nitrogens with zero attached hydrogens (tertiary/aromatic N) is 2. The van der Waals surface area contributed by atoms with Crippen LogP contribution < -0.4 is 4.90 Å².